The second kappa shape index (κ2) is 9.34. The Morgan fingerprint density at radius 3 is 2.72 bits per heavy atom. The van der Waals surface area contributed by atoms with E-state index in [9.17, 15) is 4.79 Å². The second-order valence-electron chi connectivity index (χ2n) is 5.16. The van der Waals surface area contributed by atoms with Crippen LogP contribution in [0.25, 0.3) is 0 Å². The molecule has 4 heteroatoms. The topological polar surface area (TPSA) is 47.6 Å². The van der Waals surface area contributed by atoms with Crippen molar-refractivity contribution < 1.29 is 14.4 Å². The Bertz CT molecular complexity index is 227. The molecular formula is C14H27NO3. The Morgan fingerprint density at radius 2 is 2.11 bits per heavy atom. The molecule has 1 fully saturated rings. The van der Waals surface area contributed by atoms with Gasteiger partial charge in [0.2, 0.25) is 0 Å². The fraction of sp³-hybridized carbons (Fsp3) is 0.929. The van der Waals surface area contributed by atoms with Gasteiger partial charge in [-0.05, 0) is 18.8 Å². The number of methoxy groups -OCH3 is 1. The molecule has 1 aliphatic rings. The molecule has 0 aliphatic heterocycles. The summed E-state index contributed by atoms with van der Waals surface area (Å²) in [7, 11) is 1.46. The van der Waals surface area contributed by atoms with Crippen LogP contribution in [0.2, 0.25) is 0 Å². The molecular weight excluding hydrogens is 230 g/mol. The lowest BCUT2D eigenvalue weighted by Crippen LogP contribution is -2.31. The molecule has 106 valence electrons. The van der Waals surface area contributed by atoms with Gasteiger partial charge < -0.3 is 9.57 Å². The number of ether oxygens (including phenoxy) is 1. The van der Waals surface area contributed by atoms with E-state index in [1.165, 1.54) is 32.8 Å². The minimum atomic E-state index is -0.117. The van der Waals surface area contributed by atoms with Gasteiger partial charge in [-0.2, -0.15) is 0 Å². The number of hydroxylamine groups is 1. The van der Waals surface area contributed by atoms with Crippen LogP contribution in [0.5, 0.6) is 0 Å². The van der Waals surface area contributed by atoms with Crippen LogP contribution in [0.1, 0.15) is 51.9 Å². The normalized spacial score (nSPS) is 17.9. The van der Waals surface area contributed by atoms with Crippen LogP contribution in [-0.2, 0) is 14.4 Å². The number of esters is 1. The number of carbonyl (C=O) groups excluding carboxylic acids is 1. The highest BCUT2D eigenvalue weighted by Crippen LogP contribution is 2.30. The van der Waals surface area contributed by atoms with Gasteiger partial charge in [-0.1, -0.05) is 39.0 Å². The average Bonchev–Trinajstić information content (AvgIpc) is 2.89. The van der Waals surface area contributed by atoms with E-state index >= 15 is 0 Å². The predicted molar refractivity (Wildman–Crippen MR) is 70.9 cm³/mol. The van der Waals surface area contributed by atoms with Crippen molar-refractivity contribution in [3.05, 3.63) is 0 Å². The summed E-state index contributed by atoms with van der Waals surface area (Å²) in [6, 6.07) is 0. The maximum absolute atomic E-state index is 11.7. The van der Waals surface area contributed by atoms with E-state index in [-0.39, 0.29) is 11.9 Å². The van der Waals surface area contributed by atoms with E-state index in [0.29, 0.717) is 19.1 Å². The number of nitrogens with one attached hydrogen (secondary N) is 1. The standard InChI is InChI=1S/C14H27NO3/c1-3-4-9-18-15-11-13(14(16)17-2)10-12-7-5-6-8-12/h12-13,15H,3-11H2,1-2H3. The van der Waals surface area contributed by atoms with Crippen molar-refractivity contribution in [2.45, 2.75) is 51.9 Å². The molecule has 0 bridgehead atoms. The van der Waals surface area contributed by atoms with Crippen LogP contribution in [0, 0.1) is 11.8 Å². The second-order valence-corrected chi connectivity index (χ2v) is 5.16. The molecule has 1 aliphatic carbocycles. The Labute approximate surface area is 110 Å². The first kappa shape index (κ1) is 15.4. The number of hydrogen-bond acceptors (Lipinski definition) is 4. The highest BCUT2D eigenvalue weighted by Gasteiger charge is 2.25. The first-order valence-electron chi connectivity index (χ1n) is 7.20. The van der Waals surface area contributed by atoms with Crippen LogP contribution < -0.4 is 5.48 Å². The molecule has 0 saturated heterocycles. The molecule has 1 atom stereocenters. The van der Waals surface area contributed by atoms with Crippen molar-refractivity contribution in [1.82, 2.24) is 5.48 Å². The van der Waals surface area contributed by atoms with E-state index in [4.69, 9.17) is 9.57 Å². The molecule has 0 aromatic rings. The summed E-state index contributed by atoms with van der Waals surface area (Å²) in [5.41, 5.74) is 2.91. The fourth-order valence-electron chi connectivity index (χ4n) is 2.53. The Morgan fingerprint density at radius 1 is 1.39 bits per heavy atom. The average molecular weight is 257 g/mol. The van der Waals surface area contributed by atoms with Gasteiger partial charge in [-0.15, -0.1) is 0 Å². The van der Waals surface area contributed by atoms with Crippen LogP contribution >= 0.6 is 0 Å². The highest BCUT2D eigenvalue weighted by atomic mass is 16.6. The van der Waals surface area contributed by atoms with Crippen molar-refractivity contribution >= 4 is 5.97 Å². The molecule has 1 unspecified atom stereocenters. The van der Waals surface area contributed by atoms with E-state index < -0.39 is 0 Å². The summed E-state index contributed by atoms with van der Waals surface area (Å²) in [5.74, 6) is 0.500. The zero-order valence-electron chi connectivity index (χ0n) is 11.7. The third-order valence-electron chi connectivity index (χ3n) is 3.66. The highest BCUT2D eigenvalue weighted by molar-refractivity contribution is 5.72. The van der Waals surface area contributed by atoms with Crippen molar-refractivity contribution in [2.75, 3.05) is 20.3 Å². The molecule has 0 aromatic carbocycles. The zero-order chi connectivity index (χ0) is 13.2. The van der Waals surface area contributed by atoms with Crippen molar-refractivity contribution in [1.29, 1.82) is 0 Å². The molecule has 4 nitrogen and oxygen atoms in total. The number of carbonyl (C=O) groups is 1. The maximum Gasteiger partial charge on any atom is 0.310 e. The minimum Gasteiger partial charge on any atom is -0.469 e. The first-order valence-corrected chi connectivity index (χ1v) is 7.20. The molecule has 0 aromatic heterocycles. The van der Waals surface area contributed by atoms with Gasteiger partial charge in [-0.25, -0.2) is 5.48 Å². The van der Waals surface area contributed by atoms with E-state index in [0.717, 1.165) is 19.3 Å². The Hall–Kier alpha value is -0.610. The SMILES string of the molecule is CCCCONCC(CC1CCCC1)C(=O)OC. The molecule has 0 radical (unpaired) electrons. The smallest absolute Gasteiger partial charge is 0.310 e. The van der Waals surface area contributed by atoms with Crippen LogP contribution in [0.3, 0.4) is 0 Å². The minimum absolute atomic E-state index is 0.0697. The van der Waals surface area contributed by atoms with Gasteiger partial charge in [0.05, 0.1) is 19.6 Å². The van der Waals surface area contributed by atoms with Gasteiger partial charge in [0.15, 0.2) is 0 Å². The van der Waals surface area contributed by atoms with Crippen molar-refractivity contribution in [3.63, 3.8) is 0 Å². The maximum atomic E-state index is 11.7. The summed E-state index contributed by atoms with van der Waals surface area (Å²) < 4.78 is 4.87. The van der Waals surface area contributed by atoms with Gasteiger partial charge in [0, 0.05) is 6.54 Å². The number of rotatable bonds is 9. The Kier molecular flexibility index (Phi) is 8.01. The largest absolute Gasteiger partial charge is 0.469 e. The van der Waals surface area contributed by atoms with Crippen LogP contribution in [-0.4, -0.2) is 26.2 Å². The summed E-state index contributed by atoms with van der Waals surface area (Å²) in [4.78, 5) is 17.0. The summed E-state index contributed by atoms with van der Waals surface area (Å²) >= 11 is 0. The lowest BCUT2D eigenvalue weighted by molar-refractivity contribution is -0.147. The van der Waals surface area contributed by atoms with E-state index in [2.05, 4.69) is 12.4 Å². The lowest BCUT2D eigenvalue weighted by atomic mass is 9.93. The Balaban J connectivity index is 2.24. The molecule has 1 rings (SSSR count). The number of unbranched alkanes of at least 4 members (excludes halogenated alkanes) is 1. The molecule has 18 heavy (non-hydrogen) atoms. The molecule has 0 heterocycles. The monoisotopic (exact) mass is 257 g/mol. The van der Waals surface area contributed by atoms with Crippen molar-refractivity contribution in [3.8, 4) is 0 Å². The van der Waals surface area contributed by atoms with Gasteiger partial charge in [0.25, 0.3) is 0 Å². The van der Waals surface area contributed by atoms with Crippen molar-refractivity contribution in [2.24, 2.45) is 11.8 Å². The lowest BCUT2D eigenvalue weighted by Gasteiger charge is -2.18. The number of hydrogen-bond donors (Lipinski definition) is 1. The third kappa shape index (κ3) is 5.83. The molecule has 0 amide bonds. The van der Waals surface area contributed by atoms with Crippen LogP contribution in [0.4, 0.5) is 0 Å². The van der Waals surface area contributed by atoms with Crippen LogP contribution in [0.15, 0.2) is 0 Å². The van der Waals surface area contributed by atoms with E-state index in [1.54, 1.807) is 0 Å². The fourth-order valence-corrected chi connectivity index (χ4v) is 2.53. The third-order valence-corrected chi connectivity index (χ3v) is 3.66. The molecule has 0 spiro atoms. The van der Waals surface area contributed by atoms with Gasteiger partial charge in [-0.3, -0.25) is 4.79 Å². The summed E-state index contributed by atoms with van der Waals surface area (Å²) in [6.07, 6.45) is 8.20. The summed E-state index contributed by atoms with van der Waals surface area (Å²) in [6.45, 7) is 3.39. The predicted octanol–water partition coefficient (Wildman–Crippen LogP) is 2.68. The molecule has 1 saturated carbocycles. The molecule has 1 N–H and O–H groups in total. The zero-order valence-corrected chi connectivity index (χ0v) is 11.7. The first-order chi connectivity index (χ1) is 8.77. The van der Waals surface area contributed by atoms with Gasteiger partial charge in [0.1, 0.15) is 0 Å². The summed E-state index contributed by atoms with van der Waals surface area (Å²) in [5, 5.41) is 0. The van der Waals surface area contributed by atoms with E-state index in [1.807, 2.05) is 0 Å². The quantitative estimate of drug-likeness (QED) is 0.392. The van der Waals surface area contributed by atoms with Gasteiger partial charge >= 0.3 is 5.97 Å².